The van der Waals surface area contributed by atoms with Crippen molar-refractivity contribution in [3.05, 3.63) is 377 Å². The second-order valence-corrected chi connectivity index (χ2v) is 29.2. The lowest BCUT2D eigenvalue weighted by atomic mass is 9.77. The summed E-state index contributed by atoms with van der Waals surface area (Å²) in [4.78, 5) is 16.7. The third kappa shape index (κ3) is 20.4. The molecule has 3 atom stereocenters. The van der Waals surface area contributed by atoms with E-state index in [0.717, 1.165) is 102 Å². The highest BCUT2D eigenvalue weighted by Gasteiger charge is 2.32. The molecule has 13 rings (SSSR count). The standard InChI is InChI=1S/C100H97N3O6/c1-7-100(5,94(104)35-23-24-73-44-62-91(63-45-73)103(89-31-19-11-20-32-89)90-33-21-12-22-34-90)67-64-95(108-72-96(105-6)107-69-66-74-36-46-78(47-37-74)81-54-56-86(57-55-81)97-101-102-98(109-97)87-58-60-88(61-59-87)99(2,3)4)106-68-65-75-38-52-85(53-39-75)93(84-29-17-10-18-30-84)71-77-42-50-80(51-43-77)79-48-40-76(41-49-79)70-92(82-25-13-8-14-26-82)83-27-15-9-16-28-83/h8-22,25-34,36-63,70-71,95-96H,7,23-24,35,64-69,72H2,1-6H3/b93-71+. The molecule has 0 saturated carbocycles. The zero-order chi connectivity index (χ0) is 75.2. The van der Waals surface area contributed by atoms with E-state index < -0.39 is 18.0 Å². The molecule has 0 aliphatic carbocycles. The first-order valence-electron chi connectivity index (χ1n) is 38.3. The van der Waals surface area contributed by atoms with Gasteiger partial charge in [-0.3, -0.25) is 4.79 Å². The summed E-state index contributed by atoms with van der Waals surface area (Å²) in [6.45, 7) is 11.8. The van der Waals surface area contributed by atoms with Gasteiger partial charge in [-0.15, -0.1) is 10.2 Å². The Morgan fingerprint density at radius 3 is 1.22 bits per heavy atom. The van der Waals surface area contributed by atoms with E-state index in [-0.39, 0.29) is 17.8 Å². The van der Waals surface area contributed by atoms with E-state index in [9.17, 15) is 4.79 Å². The van der Waals surface area contributed by atoms with Gasteiger partial charge in [0.1, 0.15) is 12.4 Å². The number of para-hydroxylation sites is 2. The van der Waals surface area contributed by atoms with Gasteiger partial charge in [-0.05, 0) is 212 Å². The maximum Gasteiger partial charge on any atom is 0.248 e. The number of aryl methyl sites for hydroxylation is 1. The zero-order valence-corrected chi connectivity index (χ0v) is 63.5. The molecule has 0 N–H and O–H groups in total. The number of carbonyl (C=O) groups is 1. The molecule has 9 nitrogen and oxygen atoms in total. The number of rotatable bonds is 34. The molecule has 3 unspecified atom stereocenters. The number of hydrogen-bond acceptors (Lipinski definition) is 9. The van der Waals surface area contributed by atoms with Crippen LogP contribution in [0.5, 0.6) is 0 Å². The van der Waals surface area contributed by atoms with E-state index in [1.54, 1.807) is 7.11 Å². The van der Waals surface area contributed by atoms with E-state index in [2.05, 4.69) is 347 Å². The van der Waals surface area contributed by atoms with Gasteiger partial charge in [0.15, 0.2) is 12.6 Å². The molecule has 548 valence electrons. The van der Waals surface area contributed by atoms with Gasteiger partial charge in [0.25, 0.3) is 0 Å². The summed E-state index contributed by atoms with van der Waals surface area (Å²) in [5.41, 5.74) is 22.9. The molecule has 0 aliphatic rings. The van der Waals surface area contributed by atoms with Crippen molar-refractivity contribution in [3.63, 3.8) is 0 Å². The normalized spacial score (nSPS) is 12.8. The number of hydrogen-bond donors (Lipinski definition) is 0. The first kappa shape index (κ1) is 75.8. The molecular weight excluding hydrogens is 1340 g/mol. The highest BCUT2D eigenvalue weighted by atomic mass is 16.7. The average molecular weight is 1440 g/mol. The van der Waals surface area contributed by atoms with Crippen molar-refractivity contribution >= 4 is 46.1 Å². The fourth-order valence-corrected chi connectivity index (χ4v) is 13.8. The van der Waals surface area contributed by atoms with Crippen LogP contribution in [-0.4, -0.2) is 55.5 Å². The first-order valence-corrected chi connectivity index (χ1v) is 38.3. The molecule has 0 spiro atoms. The van der Waals surface area contributed by atoms with Crippen LogP contribution in [0.2, 0.25) is 0 Å². The summed E-state index contributed by atoms with van der Waals surface area (Å²) in [6.07, 6.45) is 8.50. The Bertz CT molecular complexity index is 4940. The van der Waals surface area contributed by atoms with E-state index in [0.29, 0.717) is 63.5 Å². The topological polar surface area (TPSA) is 96.1 Å². The van der Waals surface area contributed by atoms with Crippen molar-refractivity contribution in [2.45, 2.75) is 104 Å². The lowest BCUT2D eigenvalue weighted by Crippen LogP contribution is -2.32. The number of benzene rings is 12. The predicted octanol–water partition coefficient (Wildman–Crippen LogP) is 24.6. The van der Waals surface area contributed by atoms with Crippen LogP contribution in [-0.2, 0) is 48.4 Å². The summed E-state index contributed by atoms with van der Waals surface area (Å²) < 4.78 is 31.7. The maximum absolute atomic E-state index is 14.4. The second-order valence-electron chi connectivity index (χ2n) is 29.2. The number of Topliss-reactive ketones (excluding diaryl/α,β-unsaturated/α-hetero) is 1. The van der Waals surface area contributed by atoms with Crippen molar-refractivity contribution in [1.29, 1.82) is 0 Å². The molecule has 0 amide bonds. The van der Waals surface area contributed by atoms with Crippen LogP contribution in [0, 0.1) is 5.41 Å². The van der Waals surface area contributed by atoms with Crippen molar-refractivity contribution in [1.82, 2.24) is 10.2 Å². The fourth-order valence-electron chi connectivity index (χ4n) is 13.8. The van der Waals surface area contributed by atoms with Crippen LogP contribution in [0.25, 0.3) is 68.5 Å². The Morgan fingerprint density at radius 1 is 0.413 bits per heavy atom. The molecule has 9 heteroatoms. The van der Waals surface area contributed by atoms with Crippen LogP contribution < -0.4 is 4.90 Å². The van der Waals surface area contributed by atoms with E-state index in [1.165, 1.54) is 27.8 Å². The minimum atomic E-state index is -0.640. The highest BCUT2D eigenvalue weighted by Crippen LogP contribution is 2.38. The minimum absolute atomic E-state index is 0.0582. The second kappa shape index (κ2) is 36.9. The van der Waals surface area contributed by atoms with E-state index in [4.69, 9.17) is 23.4 Å². The lowest BCUT2D eigenvalue weighted by molar-refractivity contribution is -0.213. The van der Waals surface area contributed by atoms with Gasteiger partial charge in [0.05, 0.1) is 13.2 Å². The van der Waals surface area contributed by atoms with Crippen LogP contribution in [0.15, 0.2) is 326 Å². The van der Waals surface area contributed by atoms with Gasteiger partial charge in [-0.25, -0.2) is 0 Å². The van der Waals surface area contributed by atoms with Gasteiger partial charge in [0.2, 0.25) is 11.8 Å². The molecule has 12 aromatic carbocycles. The Hall–Kier alpha value is -11.4. The molecule has 13 aromatic rings. The maximum atomic E-state index is 14.4. The van der Waals surface area contributed by atoms with Gasteiger partial charge < -0.3 is 28.3 Å². The molecule has 0 aliphatic heterocycles. The summed E-state index contributed by atoms with van der Waals surface area (Å²) >= 11 is 0. The van der Waals surface area contributed by atoms with Crippen molar-refractivity contribution < 1.29 is 28.2 Å². The number of methoxy groups -OCH3 is 1. The Kier molecular flexibility index (Phi) is 25.7. The van der Waals surface area contributed by atoms with E-state index in [1.807, 2.05) is 36.4 Å². The molecular formula is C100H97N3O6. The van der Waals surface area contributed by atoms with Crippen LogP contribution in [0.4, 0.5) is 17.1 Å². The van der Waals surface area contributed by atoms with Crippen LogP contribution in [0.1, 0.15) is 122 Å². The van der Waals surface area contributed by atoms with Crippen molar-refractivity contribution in [2.24, 2.45) is 5.41 Å². The summed E-state index contributed by atoms with van der Waals surface area (Å²) in [5, 5.41) is 8.72. The van der Waals surface area contributed by atoms with Gasteiger partial charge in [-0.1, -0.05) is 295 Å². The largest absolute Gasteiger partial charge is 0.416 e. The predicted molar refractivity (Wildman–Crippen MR) is 447 cm³/mol. The fraction of sp³-hybridized carbons (Fsp3) is 0.210. The van der Waals surface area contributed by atoms with Gasteiger partial charge in [-0.2, -0.15) is 0 Å². The van der Waals surface area contributed by atoms with E-state index >= 15 is 0 Å². The molecule has 0 radical (unpaired) electrons. The Balaban J connectivity index is 0.641. The van der Waals surface area contributed by atoms with Crippen molar-refractivity contribution in [3.8, 4) is 45.2 Å². The summed E-state index contributed by atoms with van der Waals surface area (Å²) in [7, 11) is 1.64. The number of aromatic nitrogens is 2. The Labute approximate surface area is 644 Å². The molecule has 0 saturated heterocycles. The SMILES string of the molecule is CCC(C)(CCC(OCCc1ccc(/C(=C/c2ccc(-c3ccc(C=C(c4ccccc4)c4ccccc4)cc3)cc2)c2ccccc2)cc1)OCC(OC)OCCc1ccc(-c2ccc(-c3nnc(-c4ccc(C(C)(C)C)cc4)o3)cc2)cc1)C(=O)CCCc1ccc(N(c2ccccc2)c2ccccc2)cc1. The lowest BCUT2D eigenvalue weighted by Gasteiger charge is -2.29. The number of anilines is 3. The first-order chi connectivity index (χ1) is 53.3. The molecule has 1 aromatic heterocycles. The molecule has 1 heterocycles. The number of ether oxygens (including phenoxy) is 4. The quantitative estimate of drug-likeness (QED) is 0.0289. The summed E-state index contributed by atoms with van der Waals surface area (Å²) in [6, 6.07) is 113. The molecule has 109 heavy (non-hydrogen) atoms. The molecule has 0 bridgehead atoms. The van der Waals surface area contributed by atoms with Gasteiger partial charge >= 0.3 is 0 Å². The summed E-state index contributed by atoms with van der Waals surface area (Å²) in [5.74, 6) is 1.23. The zero-order valence-electron chi connectivity index (χ0n) is 63.5. The third-order valence-electron chi connectivity index (χ3n) is 20.7. The Morgan fingerprint density at radius 2 is 0.780 bits per heavy atom. The average Bonchev–Trinajstić information content (AvgIpc) is 1.81. The van der Waals surface area contributed by atoms with Gasteiger partial charge in [0, 0.05) is 47.1 Å². The van der Waals surface area contributed by atoms with Crippen molar-refractivity contribution in [2.75, 3.05) is 31.8 Å². The minimum Gasteiger partial charge on any atom is -0.416 e. The monoisotopic (exact) mass is 1440 g/mol. The smallest absolute Gasteiger partial charge is 0.248 e. The molecule has 0 fully saturated rings. The third-order valence-corrected chi connectivity index (χ3v) is 20.7. The van der Waals surface area contributed by atoms with Crippen LogP contribution in [0.3, 0.4) is 0 Å². The number of nitrogens with zero attached hydrogens (tertiary/aromatic N) is 3. The number of carbonyl (C=O) groups excluding carboxylic acids is 1. The number of ketones is 1. The highest BCUT2D eigenvalue weighted by molar-refractivity contribution is 5.93. The van der Waals surface area contributed by atoms with Crippen LogP contribution >= 0.6 is 0 Å².